The Bertz CT molecular complexity index is 426. The molecule has 0 aliphatic carbocycles. The molecule has 2 N–H and O–H groups in total. The van der Waals surface area contributed by atoms with E-state index in [1.807, 2.05) is 24.7 Å². The largest absolute Gasteiger partial charge is 0.323 e. The summed E-state index contributed by atoms with van der Waals surface area (Å²) in [6.45, 7) is 1.93. The lowest BCUT2D eigenvalue weighted by molar-refractivity contribution is 0.749. The lowest BCUT2D eigenvalue weighted by atomic mass is 10.2. The van der Waals surface area contributed by atoms with Gasteiger partial charge in [0.05, 0.1) is 30.1 Å². The molecule has 0 aliphatic rings. The lowest BCUT2D eigenvalue weighted by Crippen LogP contribution is -2.10. The summed E-state index contributed by atoms with van der Waals surface area (Å²) in [7, 11) is 1.88. The molecule has 74 valence electrons. The quantitative estimate of drug-likeness (QED) is 0.757. The first-order valence-corrected chi connectivity index (χ1v) is 4.45. The third-order valence-electron chi connectivity index (χ3n) is 2.10. The van der Waals surface area contributed by atoms with Gasteiger partial charge in [-0.05, 0) is 6.92 Å². The van der Waals surface area contributed by atoms with E-state index in [9.17, 15) is 0 Å². The van der Waals surface area contributed by atoms with Crippen LogP contribution in [0, 0.1) is 0 Å². The average Bonchev–Trinajstić information content (AvgIpc) is 2.70. The van der Waals surface area contributed by atoms with Gasteiger partial charge in [-0.25, -0.2) is 4.98 Å². The molecular weight excluding hydrogens is 178 g/mol. The van der Waals surface area contributed by atoms with E-state index in [-0.39, 0.29) is 6.04 Å². The summed E-state index contributed by atoms with van der Waals surface area (Å²) in [5.41, 5.74) is 7.78. The maximum atomic E-state index is 5.82. The molecule has 5 nitrogen and oxygen atoms in total. The van der Waals surface area contributed by atoms with Crippen molar-refractivity contribution in [2.75, 3.05) is 0 Å². The summed E-state index contributed by atoms with van der Waals surface area (Å²) in [5, 5.41) is 4.10. The van der Waals surface area contributed by atoms with Crippen LogP contribution in [0.15, 0.2) is 24.9 Å². The molecule has 1 unspecified atom stereocenters. The standard InChI is InChI=1S/C9H13N5/c1-7(10)9-4-11-6-14(9)8-3-12-13(2)5-8/h3-7H,10H2,1-2H3. The second kappa shape index (κ2) is 3.26. The molecule has 2 aromatic heterocycles. The molecule has 14 heavy (non-hydrogen) atoms. The highest BCUT2D eigenvalue weighted by molar-refractivity contribution is 5.29. The van der Waals surface area contributed by atoms with Crippen LogP contribution in [0.3, 0.4) is 0 Å². The first-order valence-electron chi connectivity index (χ1n) is 4.45. The highest BCUT2D eigenvalue weighted by Crippen LogP contribution is 2.14. The third kappa shape index (κ3) is 1.42. The van der Waals surface area contributed by atoms with E-state index in [4.69, 9.17) is 5.73 Å². The van der Waals surface area contributed by atoms with Crippen LogP contribution in [0.1, 0.15) is 18.7 Å². The van der Waals surface area contributed by atoms with Crippen LogP contribution in [0.2, 0.25) is 0 Å². The van der Waals surface area contributed by atoms with Crippen LogP contribution < -0.4 is 5.73 Å². The number of aromatic nitrogens is 4. The van der Waals surface area contributed by atoms with E-state index >= 15 is 0 Å². The van der Waals surface area contributed by atoms with Crippen molar-refractivity contribution in [1.82, 2.24) is 19.3 Å². The number of imidazole rings is 1. The zero-order valence-corrected chi connectivity index (χ0v) is 8.25. The minimum atomic E-state index is -0.0299. The molecule has 1 atom stereocenters. The minimum Gasteiger partial charge on any atom is -0.323 e. The van der Waals surface area contributed by atoms with Gasteiger partial charge in [0.15, 0.2) is 0 Å². The van der Waals surface area contributed by atoms with Gasteiger partial charge in [0.1, 0.15) is 0 Å². The Morgan fingerprint density at radius 2 is 2.21 bits per heavy atom. The van der Waals surface area contributed by atoms with Crippen molar-refractivity contribution in [2.24, 2.45) is 12.8 Å². The number of rotatable bonds is 2. The summed E-state index contributed by atoms with van der Waals surface area (Å²) in [6, 6.07) is -0.0299. The maximum absolute atomic E-state index is 5.82. The predicted molar refractivity (Wildman–Crippen MR) is 52.9 cm³/mol. The molecule has 2 aromatic rings. The Morgan fingerprint density at radius 3 is 2.79 bits per heavy atom. The first kappa shape index (κ1) is 8.96. The van der Waals surface area contributed by atoms with E-state index in [0.29, 0.717) is 0 Å². The highest BCUT2D eigenvalue weighted by atomic mass is 15.3. The molecule has 5 heteroatoms. The molecule has 0 fully saturated rings. The van der Waals surface area contributed by atoms with Gasteiger partial charge in [-0.15, -0.1) is 0 Å². The fourth-order valence-electron chi connectivity index (χ4n) is 1.39. The monoisotopic (exact) mass is 191 g/mol. The number of nitrogens with zero attached hydrogens (tertiary/aromatic N) is 4. The highest BCUT2D eigenvalue weighted by Gasteiger charge is 2.08. The van der Waals surface area contributed by atoms with Gasteiger partial charge in [-0.3, -0.25) is 9.25 Å². The lowest BCUT2D eigenvalue weighted by Gasteiger charge is -2.07. The SMILES string of the molecule is CC(N)c1cncn1-c1cnn(C)c1. The number of hydrogen-bond donors (Lipinski definition) is 1. The summed E-state index contributed by atoms with van der Waals surface area (Å²) < 4.78 is 3.69. The summed E-state index contributed by atoms with van der Waals surface area (Å²) in [6.07, 6.45) is 7.23. The number of aryl methyl sites for hydroxylation is 1. The zero-order chi connectivity index (χ0) is 10.1. The predicted octanol–water partition coefficient (Wildman–Crippen LogP) is 0.625. The smallest absolute Gasteiger partial charge is 0.0995 e. The normalized spacial score (nSPS) is 13.1. The second-order valence-electron chi connectivity index (χ2n) is 3.35. The fraction of sp³-hybridized carbons (Fsp3) is 0.333. The Labute approximate surface area is 82.2 Å². The second-order valence-corrected chi connectivity index (χ2v) is 3.35. The van der Waals surface area contributed by atoms with Crippen molar-refractivity contribution in [1.29, 1.82) is 0 Å². The molecule has 0 saturated heterocycles. The minimum absolute atomic E-state index is 0.0299. The van der Waals surface area contributed by atoms with E-state index in [1.165, 1.54) is 0 Å². The molecule has 0 spiro atoms. The Balaban J connectivity index is 2.46. The van der Waals surface area contributed by atoms with Crippen LogP contribution in [0.5, 0.6) is 0 Å². The summed E-state index contributed by atoms with van der Waals surface area (Å²) >= 11 is 0. The van der Waals surface area contributed by atoms with Crippen molar-refractivity contribution < 1.29 is 0 Å². The van der Waals surface area contributed by atoms with Crippen LogP contribution in [-0.4, -0.2) is 19.3 Å². The van der Waals surface area contributed by atoms with Crippen molar-refractivity contribution in [3.8, 4) is 5.69 Å². The average molecular weight is 191 g/mol. The molecule has 0 aliphatic heterocycles. The van der Waals surface area contributed by atoms with Gasteiger partial charge >= 0.3 is 0 Å². The van der Waals surface area contributed by atoms with Gasteiger partial charge in [-0.1, -0.05) is 0 Å². The molecule has 2 rings (SSSR count). The van der Waals surface area contributed by atoms with Gasteiger partial charge < -0.3 is 5.73 Å². The summed E-state index contributed by atoms with van der Waals surface area (Å²) in [4.78, 5) is 4.07. The number of nitrogens with two attached hydrogens (primary N) is 1. The van der Waals surface area contributed by atoms with Gasteiger partial charge in [-0.2, -0.15) is 5.10 Å². The van der Waals surface area contributed by atoms with Crippen LogP contribution in [0.25, 0.3) is 5.69 Å². The molecular formula is C9H13N5. The van der Waals surface area contributed by atoms with Crippen molar-refractivity contribution in [3.63, 3.8) is 0 Å². The molecule has 0 amide bonds. The van der Waals surface area contributed by atoms with Gasteiger partial charge in [0, 0.05) is 19.3 Å². The zero-order valence-electron chi connectivity index (χ0n) is 8.25. The first-order chi connectivity index (χ1) is 6.68. The maximum Gasteiger partial charge on any atom is 0.0995 e. The van der Waals surface area contributed by atoms with E-state index in [1.54, 1.807) is 23.4 Å². The van der Waals surface area contributed by atoms with Gasteiger partial charge in [0.2, 0.25) is 0 Å². The van der Waals surface area contributed by atoms with E-state index < -0.39 is 0 Å². The summed E-state index contributed by atoms with van der Waals surface area (Å²) in [5.74, 6) is 0. The Morgan fingerprint density at radius 1 is 1.43 bits per heavy atom. The van der Waals surface area contributed by atoms with Crippen molar-refractivity contribution >= 4 is 0 Å². The van der Waals surface area contributed by atoms with Crippen molar-refractivity contribution in [2.45, 2.75) is 13.0 Å². The molecule has 0 radical (unpaired) electrons. The van der Waals surface area contributed by atoms with Crippen LogP contribution >= 0.6 is 0 Å². The van der Waals surface area contributed by atoms with Crippen LogP contribution in [0.4, 0.5) is 0 Å². The topological polar surface area (TPSA) is 61.7 Å². The van der Waals surface area contributed by atoms with Crippen LogP contribution in [-0.2, 0) is 7.05 Å². The molecule has 2 heterocycles. The molecule has 0 bridgehead atoms. The Hall–Kier alpha value is -1.62. The van der Waals surface area contributed by atoms with E-state index in [2.05, 4.69) is 10.1 Å². The fourth-order valence-corrected chi connectivity index (χ4v) is 1.39. The third-order valence-corrected chi connectivity index (χ3v) is 2.10. The van der Waals surface area contributed by atoms with Crippen molar-refractivity contribution in [3.05, 3.63) is 30.6 Å². The molecule has 0 aromatic carbocycles. The van der Waals surface area contributed by atoms with Gasteiger partial charge in [0.25, 0.3) is 0 Å². The van der Waals surface area contributed by atoms with E-state index in [0.717, 1.165) is 11.4 Å². The Kier molecular flexibility index (Phi) is 2.09. The number of hydrogen-bond acceptors (Lipinski definition) is 3. The molecule has 0 saturated carbocycles.